The zero-order valence-corrected chi connectivity index (χ0v) is 8.69. The van der Waals surface area contributed by atoms with Crippen molar-refractivity contribution in [2.24, 2.45) is 0 Å². The summed E-state index contributed by atoms with van der Waals surface area (Å²) >= 11 is 0. The first-order valence-electron chi connectivity index (χ1n) is 5.26. The van der Waals surface area contributed by atoms with Gasteiger partial charge in [-0.15, -0.1) is 0 Å². The van der Waals surface area contributed by atoms with Crippen molar-refractivity contribution in [3.8, 4) is 0 Å². The SMILES string of the molecule is CC.c1cc(C2CO2)ccc1C1CO1. The lowest BCUT2D eigenvalue weighted by Gasteiger charge is -1.97. The number of hydrogen-bond acceptors (Lipinski definition) is 2. The van der Waals surface area contributed by atoms with Crippen molar-refractivity contribution in [1.82, 2.24) is 0 Å². The average Bonchev–Trinajstić information content (AvgIpc) is 3.11. The zero-order chi connectivity index (χ0) is 9.97. The van der Waals surface area contributed by atoms with Gasteiger partial charge in [-0.2, -0.15) is 0 Å². The van der Waals surface area contributed by atoms with E-state index in [4.69, 9.17) is 9.47 Å². The van der Waals surface area contributed by atoms with Gasteiger partial charge in [-0.25, -0.2) is 0 Å². The summed E-state index contributed by atoms with van der Waals surface area (Å²) in [6, 6.07) is 8.53. The maximum Gasteiger partial charge on any atom is 0.106 e. The van der Waals surface area contributed by atoms with Crippen LogP contribution in [-0.2, 0) is 9.47 Å². The van der Waals surface area contributed by atoms with Gasteiger partial charge in [0.05, 0.1) is 13.2 Å². The molecule has 3 rings (SSSR count). The van der Waals surface area contributed by atoms with Crippen LogP contribution in [0.3, 0.4) is 0 Å². The highest BCUT2D eigenvalue weighted by molar-refractivity contribution is 5.28. The molecule has 14 heavy (non-hydrogen) atoms. The van der Waals surface area contributed by atoms with Gasteiger partial charge in [0, 0.05) is 0 Å². The third-order valence-corrected chi connectivity index (χ3v) is 2.35. The Bertz CT molecular complexity index is 253. The molecule has 0 spiro atoms. The van der Waals surface area contributed by atoms with Crippen LogP contribution >= 0.6 is 0 Å². The van der Waals surface area contributed by atoms with Crippen LogP contribution < -0.4 is 0 Å². The Balaban J connectivity index is 0.000000354. The molecular formula is C12H16O2. The molecule has 2 atom stereocenters. The summed E-state index contributed by atoms with van der Waals surface area (Å²) < 4.78 is 10.4. The lowest BCUT2D eigenvalue weighted by molar-refractivity contribution is 0.412. The van der Waals surface area contributed by atoms with E-state index in [2.05, 4.69) is 24.3 Å². The first-order valence-corrected chi connectivity index (χ1v) is 5.26. The van der Waals surface area contributed by atoms with Crippen LogP contribution in [0, 0.1) is 0 Å². The molecule has 0 bridgehead atoms. The minimum atomic E-state index is 0.374. The fourth-order valence-corrected chi connectivity index (χ4v) is 1.41. The molecule has 2 unspecified atom stereocenters. The van der Waals surface area contributed by atoms with Crippen molar-refractivity contribution in [1.29, 1.82) is 0 Å². The molecule has 2 aliphatic heterocycles. The molecule has 0 N–H and O–H groups in total. The summed E-state index contributed by atoms with van der Waals surface area (Å²) in [5.41, 5.74) is 2.58. The Morgan fingerprint density at radius 2 is 1.14 bits per heavy atom. The topological polar surface area (TPSA) is 25.1 Å². The molecule has 0 radical (unpaired) electrons. The van der Waals surface area contributed by atoms with Gasteiger partial charge in [0.2, 0.25) is 0 Å². The van der Waals surface area contributed by atoms with Gasteiger partial charge < -0.3 is 9.47 Å². The quantitative estimate of drug-likeness (QED) is 0.673. The molecular weight excluding hydrogens is 176 g/mol. The minimum absolute atomic E-state index is 0.374. The summed E-state index contributed by atoms with van der Waals surface area (Å²) in [5.74, 6) is 0. The summed E-state index contributed by atoms with van der Waals surface area (Å²) in [4.78, 5) is 0. The summed E-state index contributed by atoms with van der Waals surface area (Å²) in [5, 5.41) is 0. The molecule has 0 saturated carbocycles. The standard InChI is InChI=1S/C10H10O2.C2H6/c1-2-8(10-6-12-10)4-3-7(1)9-5-11-9;1-2/h1-4,9-10H,5-6H2;1-2H3. The van der Waals surface area contributed by atoms with Crippen LogP contribution in [0.5, 0.6) is 0 Å². The second-order valence-corrected chi connectivity index (χ2v) is 3.31. The Labute approximate surface area is 84.8 Å². The Morgan fingerprint density at radius 3 is 1.36 bits per heavy atom. The molecule has 2 heterocycles. The van der Waals surface area contributed by atoms with Gasteiger partial charge >= 0.3 is 0 Å². The predicted octanol–water partition coefficient (Wildman–Crippen LogP) is 2.86. The lowest BCUT2D eigenvalue weighted by atomic mass is 10.1. The van der Waals surface area contributed by atoms with Crippen molar-refractivity contribution < 1.29 is 9.47 Å². The number of rotatable bonds is 2. The van der Waals surface area contributed by atoms with Crippen molar-refractivity contribution in [3.05, 3.63) is 35.4 Å². The fraction of sp³-hybridized carbons (Fsp3) is 0.500. The van der Waals surface area contributed by atoms with Gasteiger partial charge in [0.15, 0.2) is 0 Å². The normalized spacial score (nSPS) is 27.6. The smallest absolute Gasteiger partial charge is 0.106 e. The van der Waals surface area contributed by atoms with Gasteiger partial charge in [0.25, 0.3) is 0 Å². The van der Waals surface area contributed by atoms with E-state index in [9.17, 15) is 0 Å². The van der Waals surface area contributed by atoms with Crippen LogP contribution in [0.15, 0.2) is 24.3 Å². The number of epoxide rings is 2. The molecule has 0 amide bonds. The number of benzene rings is 1. The van der Waals surface area contributed by atoms with Gasteiger partial charge in [-0.3, -0.25) is 0 Å². The van der Waals surface area contributed by atoms with Gasteiger partial charge in [-0.05, 0) is 11.1 Å². The van der Waals surface area contributed by atoms with E-state index in [0.717, 1.165) is 13.2 Å². The summed E-state index contributed by atoms with van der Waals surface area (Å²) in [7, 11) is 0. The zero-order valence-electron chi connectivity index (χ0n) is 8.69. The van der Waals surface area contributed by atoms with E-state index in [1.165, 1.54) is 11.1 Å². The van der Waals surface area contributed by atoms with Crippen LogP contribution in [0.2, 0.25) is 0 Å². The van der Waals surface area contributed by atoms with Crippen molar-refractivity contribution in [2.45, 2.75) is 26.1 Å². The van der Waals surface area contributed by atoms with Crippen molar-refractivity contribution >= 4 is 0 Å². The minimum Gasteiger partial charge on any atom is -0.368 e. The highest BCUT2D eigenvalue weighted by Crippen LogP contribution is 2.33. The van der Waals surface area contributed by atoms with Crippen LogP contribution in [0.25, 0.3) is 0 Å². The first-order chi connectivity index (χ1) is 6.93. The molecule has 2 saturated heterocycles. The van der Waals surface area contributed by atoms with E-state index in [1.807, 2.05) is 13.8 Å². The monoisotopic (exact) mass is 192 g/mol. The van der Waals surface area contributed by atoms with E-state index in [0.29, 0.717) is 12.2 Å². The summed E-state index contributed by atoms with van der Waals surface area (Å²) in [6.45, 7) is 5.78. The molecule has 2 fully saturated rings. The predicted molar refractivity (Wildman–Crippen MR) is 55.2 cm³/mol. The molecule has 2 aliphatic rings. The van der Waals surface area contributed by atoms with E-state index < -0.39 is 0 Å². The van der Waals surface area contributed by atoms with E-state index in [-0.39, 0.29) is 0 Å². The Hall–Kier alpha value is -0.860. The molecule has 1 aromatic carbocycles. The Morgan fingerprint density at radius 1 is 0.857 bits per heavy atom. The van der Waals surface area contributed by atoms with Gasteiger partial charge in [0.1, 0.15) is 12.2 Å². The fourth-order valence-electron chi connectivity index (χ4n) is 1.41. The summed E-state index contributed by atoms with van der Waals surface area (Å²) in [6.07, 6.45) is 0.748. The van der Waals surface area contributed by atoms with Crippen molar-refractivity contribution in [3.63, 3.8) is 0 Å². The molecule has 0 aromatic heterocycles. The molecule has 2 heteroatoms. The molecule has 76 valence electrons. The van der Waals surface area contributed by atoms with E-state index >= 15 is 0 Å². The lowest BCUT2D eigenvalue weighted by Crippen LogP contribution is -1.83. The van der Waals surface area contributed by atoms with Crippen LogP contribution in [0.1, 0.15) is 37.2 Å². The van der Waals surface area contributed by atoms with Crippen molar-refractivity contribution in [2.75, 3.05) is 13.2 Å². The first kappa shape index (κ1) is 9.69. The third-order valence-electron chi connectivity index (χ3n) is 2.35. The van der Waals surface area contributed by atoms with E-state index in [1.54, 1.807) is 0 Å². The second-order valence-electron chi connectivity index (χ2n) is 3.31. The third kappa shape index (κ3) is 2.14. The average molecular weight is 192 g/mol. The second kappa shape index (κ2) is 4.11. The largest absolute Gasteiger partial charge is 0.368 e. The van der Waals surface area contributed by atoms with Crippen LogP contribution in [-0.4, -0.2) is 13.2 Å². The highest BCUT2D eigenvalue weighted by Gasteiger charge is 2.27. The molecule has 0 aliphatic carbocycles. The maximum atomic E-state index is 5.18. The molecule has 2 nitrogen and oxygen atoms in total. The highest BCUT2D eigenvalue weighted by atomic mass is 16.6. The number of hydrogen-bond donors (Lipinski definition) is 0. The van der Waals surface area contributed by atoms with Crippen LogP contribution in [0.4, 0.5) is 0 Å². The maximum absolute atomic E-state index is 5.18. The number of ether oxygens (including phenoxy) is 2. The Kier molecular flexibility index (Phi) is 2.85. The molecule has 1 aromatic rings. The van der Waals surface area contributed by atoms with Gasteiger partial charge in [-0.1, -0.05) is 38.1 Å².